The normalized spacial score (nSPS) is 23.9. The van der Waals surface area contributed by atoms with E-state index in [0.29, 0.717) is 30.4 Å². The van der Waals surface area contributed by atoms with E-state index in [4.69, 9.17) is 24.2 Å². The number of hydrogen-bond donors (Lipinski definition) is 1. The van der Waals surface area contributed by atoms with Gasteiger partial charge in [-0.05, 0) is 84.6 Å². The average molecular weight is 654 g/mol. The van der Waals surface area contributed by atoms with Crippen molar-refractivity contribution >= 4 is 45.0 Å². The topological polar surface area (TPSA) is 89.0 Å². The maximum Gasteiger partial charge on any atom is 0.517 e. The van der Waals surface area contributed by atoms with E-state index in [9.17, 15) is 4.79 Å². The van der Waals surface area contributed by atoms with Crippen molar-refractivity contribution in [3.8, 4) is 11.6 Å². The first-order valence-corrected chi connectivity index (χ1v) is 17.3. The van der Waals surface area contributed by atoms with E-state index in [1.807, 2.05) is 40.8 Å². The van der Waals surface area contributed by atoms with E-state index in [0.717, 1.165) is 65.3 Å². The molecule has 3 atom stereocenters. The Balaban J connectivity index is 1.37. The van der Waals surface area contributed by atoms with Gasteiger partial charge >= 0.3 is 6.09 Å². The molecular formula is C35H53N6O4S+. The molecule has 5 rings (SSSR count). The Morgan fingerprint density at radius 1 is 1.22 bits per heavy atom. The number of likely N-dealkylation sites (N-methyl/N-ethyl adjacent to an activating group) is 1. The number of likely N-dealkylation sites (tertiary alicyclic amines) is 1. The first-order chi connectivity index (χ1) is 21.6. The summed E-state index contributed by atoms with van der Waals surface area (Å²) >= 11 is 1.57. The predicted octanol–water partition coefficient (Wildman–Crippen LogP) is 7.23. The van der Waals surface area contributed by atoms with Gasteiger partial charge in [-0.1, -0.05) is 13.8 Å². The molecule has 2 aromatic heterocycles. The Hall–Kier alpha value is -3.15. The number of nitrogens with zero attached hydrogens (tertiary/aromatic N) is 5. The van der Waals surface area contributed by atoms with Crippen molar-refractivity contribution in [3.05, 3.63) is 29.1 Å². The van der Waals surface area contributed by atoms with Gasteiger partial charge in [-0.3, -0.25) is 0 Å². The van der Waals surface area contributed by atoms with Crippen molar-refractivity contribution in [1.82, 2.24) is 14.9 Å². The lowest BCUT2D eigenvalue weighted by Gasteiger charge is -2.60. The van der Waals surface area contributed by atoms with Crippen LogP contribution in [0.25, 0.3) is 10.2 Å². The third-order valence-electron chi connectivity index (χ3n) is 10.1. The molecule has 1 N–H and O–H groups in total. The average Bonchev–Trinajstić information content (AvgIpc) is 3.37. The quantitative estimate of drug-likeness (QED) is 0.240. The number of piperidine rings is 1. The molecule has 1 aromatic carbocycles. The Morgan fingerprint density at radius 3 is 2.52 bits per heavy atom. The molecule has 2 fully saturated rings. The fourth-order valence-corrected chi connectivity index (χ4v) is 7.96. The van der Waals surface area contributed by atoms with Crippen LogP contribution in [-0.4, -0.2) is 96.6 Å². The lowest BCUT2D eigenvalue weighted by molar-refractivity contribution is -0.965. The summed E-state index contributed by atoms with van der Waals surface area (Å²) in [5, 5.41) is 6.38. The summed E-state index contributed by atoms with van der Waals surface area (Å²) in [6.07, 6.45) is 2.88. The van der Waals surface area contributed by atoms with Crippen LogP contribution in [0.3, 0.4) is 0 Å². The van der Waals surface area contributed by atoms with Crippen LogP contribution in [0.15, 0.2) is 23.6 Å². The molecule has 0 spiro atoms. The van der Waals surface area contributed by atoms with Crippen LogP contribution in [0.1, 0.15) is 66.4 Å². The number of thiophene rings is 1. The van der Waals surface area contributed by atoms with Gasteiger partial charge in [0.25, 0.3) is 0 Å². The van der Waals surface area contributed by atoms with Crippen molar-refractivity contribution in [2.75, 3.05) is 58.2 Å². The number of benzene rings is 1. The highest BCUT2D eigenvalue weighted by molar-refractivity contribution is 7.17. The number of rotatable bonds is 9. The molecule has 252 valence electrons. The summed E-state index contributed by atoms with van der Waals surface area (Å²) in [7, 11) is 8.02. The van der Waals surface area contributed by atoms with Crippen LogP contribution in [0.2, 0.25) is 0 Å². The molecule has 0 aliphatic carbocycles. The Kier molecular flexibility index (Phi) is 9.52. The number of aromatic nitrogens is 2. The lowest BCUT2D eigenvalue weighted by atomic mass is 9.73. The molecule has 3 aromatic rings. The number of carbonyl (C=O) groups is 1. The molecule has 1 amide bonds. The highest BCUT2D eigenvalue weighted by Gasteiger charge is 2.68. The van der Waals surface area contributed by atoms with Gasteiger partial charge in [0.2, 0.25) is 11.8 Å². The third-order valence-corrected chi connectivity index (χ3v) is 11.0. The SMILES string of the molecule is COc1cc(Nc2nc(OC[C@]3(C)CC(C(C)C)[N+]3(C)C(=O)OC(C)(C)C)c3c(C)csc3n2)ccc1N1CCC(N(C)C)CC1. The second kappa shape index (κ2) is 12.8. The molecule has 46 heavy (non-hydrogen) atoms. The van der Waals surface area contributed by atoms with Gasteiger partial charge in [0.1, 0.15) is 34.4 Å². The molecule has 0 bridgehead atoms. The molecule has 2 unspecified atom stereocenters. The van der Waals surface area contributed by atoms with Crippen molar-refractivity contribution in [1.29, 1.82) is 0 Å². The van der Waals surface area contributed by atoms with Gasteiger partial charge in [0, 0.05) is 36.8 Å². The minimum atomic E-state index is -0.575. The maximum atomic E-state index is 13.7. The molecule has 2 saturated heterocycles. The number of aryl methyl sites for hydroxylation is 1. The van der Waals surface area contributed by atoms with Crippen LogP contribution in [-0.2, 0) is 4.74 Å². The Morgan fingerprint density at radius 2 is 1.91 bits per heavy atom. The molecular weight excluding hydrogens is 600 g/mol. The number of nitrogens with one attached hydrogen (secondary N) is 1. The van der Waals surface area contributed by atoms with E-state index in [-0.39, 0.29) is 16.6 Å². The third kappa shape index (κ3) is 6.51. The molecule has 11 heteroatoms. The summed E-state index contributed by atoms with van der Waals surface area (Å²) in [6, 6.07) is 6.93. The van der Waals surface area contributed by atoms with Crippen LogP contribution in [0.5, 0.6) is 11.6 Å². The fourth-order valence-electron chi connectivity index (χ4n) is 7.05. The van der Waals surface area contributed by atoms with Crippen LogP contribution >= 0.6 is 11.3 Å². The van der Waals surface area contributed by atoms with E-state index in [2.05, 4.69) is 67.5 Å². The molecule has 2 aliphatic rings. The molecule has 10 nitrogen and oxygen atoms in total. The largest absolute Gasteiger partial charge is 0.517 e. The summed E-state index contributed by atoms with van der Waals surface area (Å²) in [5.74, 6) is 2.10. The minimum Gasteiger partial charge on any atom is -0.495 e. The van der Waals surface area contributed by atoms with Crippen molar-refractivity contribution in [2.24, 2.45) is 5.92 Å². The summed E-state index contributed by atoms with van der Waals surface area (Å²) < 4.78 is 18.5. The zero-order valence-corrected chi connectivity index (χ0v) is 30.4. The number of amides is 1. The first kappa shape index (κ1) is 34.2. The number of quaternary nitrogens is 1. The standard InChI is InChI=1S/C35H53N6O4S/c1-22(2)27-19-35(7,41(27,10)33(42)45-34(4,5)6)21-44-30-29-23(3)20-46-31(29)38-32(37-30)36-24-12-13-26(28(18-24)43-11)40-16-14-25(15-17-40)39(8)9/h12-13,18,20,22,25,27H,14-17,19,21H2,1-11H3,(H,36,37,38)/q+1/t27?,35-,41?/m0/s1. The van der Waals surface area contributed by atoms with Gasteiger partial charge in [0.15, 0.2) is 0 Å². The van der Waals surface area contributed by atoms with Gasteiger partial charge in [-0.15, -0.1) is 11.3 Å². The summed E-state index contributed by atoms with van der Waals surface area (Å²) in [5.41, 5.74) is 1.94. The van der Waals surface area contributed by atoms with Crippen LogP contribution in [0.4, 0.5) is 22.1 Å². The molecule has 4 heterocycles. The fraction of sp³-hybridized carbons (Fsp3) is 0.629. The minimum absolute atomic E-state index is 0.145. The number of ether oxygens (including phenoxy) is 3. The van der Waals surface area contributed by atoms with E-state index in [1.165, 1.54) is 0 Å². The maximum absolute atomic E-state index is 13.7. The zero-order valence-electron chi connectivity index (χ0n) is 29.6. The van der Waals surface area contributed by atoms with Gasteiger partial charge in [-0.2, -0.15) is 9.78 Å². The van der Waals surface area contributed by atoms with E-state index >= 15 is 0 Å². The number of hydrogen-bond acceptors (Lipinski definition) is 10. The van der Waals surface area contributed by atoms with Gasteiger partial charge < -0.3 is 29.3 Å². The molecule has 0 saturated carbocycles. The van der Waals surface area contributed by atoms with E-state index < -0.39 is 11.1 Å². The highest BCUT2D eigenvalue weighted by atomic mass is 32.1. The molecule has 0 radical (unpaired) electrons. The number of fused-ring (bicyclic) bond motifs is 1. The second-order valence-corrected chi connectivity index (χ2v) is 15.9. The van der Waals surface area contributed by atoms with Crippen LogP contribution < -0.4 is 19.7 Å². The van der Waals surface area contributed by atoms with Crippen molar-refractivity contribution < 1.29 is 23.5 Å². The zero-order chi connectivity index (χ0) is 33.6. The molecule has 2 aliphatic heterocycles. The first-order valence-electron chi connectivity index (χ1n) is 16.4. The lowest BCUT2D eigenvalue weighted by Crippen LogP contribution is -2.81. The second-order valence-electron chi connectivity index (χ2n) is 15.0. The smallest absolute Gasteiger partial charge is 0.495 e. The van der Waals surface area contributed by atoms with E-state index in [1.54, 1.807) is 18.4 Å². The van der Waals surface area contributed by atoms with Gasteiger partial charge in [-0.25, -0.2) is 9.47 Å². The monoisotopic (exact) mass is 653 g/mol. The number of methoxy groups -OCH3 is 1. The van der Waals surface area contributed by atoms with Crippen molar-refractivity contribution in [2.45, 2.75) is 91.0 Å². The highest BCUT2D eigenvalue weighted by Crippen LogP contribution is 2.48. The number of carbonyl (C=O) groups excluding carboxylic acids is 1. The van der Waals surface area contributed by atoms with Gasteiger partial charge in [0.05, 0.1) is 31.7 Å². The Bertz CT molecular complexity index is 1560. The van der Waals surface area contributed by atoms with Crippen molar-refractivity contribution in [3.63, 3.8) is 0 Å². The van der Waals surface area contributed by atoms with Crippen LogP contribution in [0, 0.1) is 12.8 Å². The summed E-state index contributed by atoms with van der Waals surface area (Å²) in [6.45, 7) is 16.5. The Labute approximate surface area is 278 Å². The predicted molar refractivity (Wildman–Crippen MR) is 187 cm³/mol. The summed E-state index contributed by atoms with van der Waals surface area (Å²) in [4.78, 5) is 28.9. The number of anilines is 3.